The molecule has 1 amide bonds. The van der Waals surface area contributed by atoms with Crippen molar-refractivity contribution in [2.45, 2.75) is 38.5 Å². The molecule has 0 heterocycles. The third-order valence-electron chi connectivity index (χ3n) is 4.54. The average Bonchev–Trinajstić information content (AvgIpc) is 2.70. The summed E-state index contributed by atoms with van der Waals surface area (Å²) in [5.74, 6) is -2.15. The first-order valence-corrected chi connectivity index (χ1v) is 9.18. The van der Waals surface area contributed by atoms with Gasteiger partial charge in [-0.2, -0.15) is 26.3 Å². The van der Waals surface area contributed by atoms with E-state index < -0.39 is 47.5 Å². The third-order valence-corrected chi connectivity index (χ3v) is 4.54. The number of anilines is 1. The van der Waals surface area contributed by atoms with Gasteiger partial charge in [0.2, 0.25) is 0 Å². The Kier molecular flexibility index (Phi) is 7.35. The van der Waals surface area contributed by atoms with Crippen LogP contribution in [-0.2, 0) is 21.9 Å². The first kappa shape index (κ1) is 24.2. The molecule has 1 N–H and O–H groups in total. The van der Waals surface area contributed by atoms with Gasteiger partial charge in [0.15, 0.2) is 6.61 Å². The van der Waals surface area contributed by atoms with E-state index >= 15 is 0 Å². The lowest BCUT2D eigenvalue weighted by Crippen LogP contribution is -2.22. The summed E-state index contributed by atoms with van der Waals surface area (Å²) in [6.07, 6.45) is -9.42. The average molecular weight is 447 g/mol. The van der Waals surface area contributed by atoms with Crippen molar-refractivity contribution in [3.63, 3.8) is 0 Å². The van der Waals surface area contributed by atoms with Crippen molar-refractivity contribution in [3.05, 3.63) is 64.7 Å². The summed E-state index contributed by atoms with van der Waals surface area (Å²) in [7, 11) is 0. The highest BCUT2D eigenvalue weighted by molar-refractivity contribution is 5.96. The van der Waals surface area contributed by atoms with Crippen LogP contribution in [0, 0.1) is 0 Å². The van der Waals surface area contributed by atoms with Crippen LogP contribution < -0.4 is 5.32 Å². The predicted octanol–water partition coefficient (Wildman–Crippen LogP) is 6.03. The number of hydrogen-bond acceptors (Lipinski definition) is 3. The van der Waals surface area contributed by atoms with Crippen LogP contribution in [0.3, 0.4) is 0 Å². The Morgan fingerprint density at radius 1 is 0.968 bits per heavy atom. The van der Waals surface area contributed by atoms with Crippen molar-refractivity contribution in [2.24, 2.45) is 0 Å². The van der Waals surface area contributed by atoms with Crippen molar-refractivity contribution < 1.29 is 40.7 Å². The lowest BCUT2D eigenvalue weighted by molar-refractivity contribution is -0.143. The van der Waals surface area contributed by atoms with E-state index in [9.17, 15) is 35.9 Å². The van der Waals surface area contributed by atoms with E-state index in [1.807, 2.05) is 13.8 Å². The minimum Gasteiger partial charge on any atom is -0.452 e. The van der Waals surface area contributed by atoms with Crippen LogP contribution in [0.15, 0.2) is 42.5 Å². The van der Waals surface area contributed by atoms with Crippen LogP contribution in [0.5, 0.6) is 0 Å². The fourth-order valence-corrected chi connectivity index (χ4v) is 2.73. The molecule has 0 aliphatic heterocycles. The fraction of sp³-hybridized carbons (Fsp3) is 0.333. The van der Waals surface area contributed by atoms with Gasteiger partial charge in [-0.15, -0.1) is 0 Å². The van der Waals surface area contributed by atoms with E-state index in [0.29, 0.717) is 5.69 Å². The van der Waals surface area contributed by atoms with Gasteiger partial charge < -0.3 is 10.1 Å². The molecule has 0 aliphatic rings. The second-order valence-corrected chi connectivity index (χ2v) is 6.82. The predicted molar refractivity (Wildman–Crippen MR) is 101 cm³/mol. The Morgan fingerprint density at radius 3 is 2.03 bits per heavy atom. The molecule has 2 aromatic carbocycles. The molecule has 31 heavy (non-hydrogen) atoms. The molecular weight excluding hydrogens is 428 g/mol. The monoisotopic (exact) mass is 447 g/mol. The third kappa shape index (κ3) is 6.47. The van der Waals surface area contributed by atoms with E-state index in [1.54, 1.807) is 24.3 Å². The summed E-state index contributed by atoms with van der Waals surface area (Å²) in [5, 5.41) is 2.53. The van der Waals surface area contributed by atoms with Crippen molar-refractivity contribution in [1.29, 1.82) is 0 Å². The zero-order chi connectivity index (χ0) is 23.4. The normalized spacial score (nSPS) is 12.9. The van der Waals surface area contributed by atoms with Gasteiger partial charge in [-0.05, 0) is 42.2 Å². The van der Waals surface area contributed by atoms with E-state index in [2.05, 4.69) is 10.1 Å². The zero-order valence-electron chi connectivity index (χ0n) is 16.5. The standard InChI is InChI=1S/C21H19F6NO3/c1-3-12(2)16-6-4-5-7-17(16)28-18(29)11-31-19(30)13-8-14(20(22,23)24)10-15(9-13)21(25,26)27/h4-10,12H,3,11H2,1-2H3,(H,28,29). The molecule has 0 radical (unpaired) electrons. The lowest BCUT2D eigenvalue weighted by Gasteiger charge is -2.16. The molecule has 0 spiro atoms. The topological polar surface area (TPSA) is 55.4 Å². The Bertz CT molecular complexity index is 921. The lowest BCUT2D eigenvalue weighted by atomic mass is 9.97. The van der Waals surface area contributed by atoms with Crippen molar-refractivity contribution >= 4 is 17.6 Å². The van der Waals surface area contributed by atoms with Gasteiger partial charge in [-0.3, -0.25) is 4.79 Å². The van der Waals surface area contributed by atoms with Crippen molar-refractivity contribution in [1.82, 2.24) is 0 Å². The maximum Gasteiger partial charge on any atom is 0.416 e. The van der Waals surface area contributed by atoms with Crippen LogP contribution in [0.25, 0.3) is 0 Å². The molecule has 1 unspecified atom stereocenters. The number of halogens is 6. The van der Waals surface area contributed by atoms with Crippen LogP contribution in [0.4, 0.5) is 32.0 Å². The Morgan fingerprint density at radius 2 is 1.52 bits per heavy atom. The minimum atomic E-state index is -5.10. The van der Waals surface area contributed by atoms with Gasteiger partial charge in [0.25, 0.3) is 5.91 Å². The largest absolute Gasteiger partial charge is 0.452 e. The highest BCUT2D eigenvalue weighted by atomic mass is 19.4. The molecule has 0 fully saturated rings. The molecular formula is C21H19F6NO3. The molecule has 2 rings (SSSR count). The molecule has 4 nitrogen and oxygen atoms in total. The summed E-state index contributed by atoms with van der Waals surface area (Å²) < 4.78 is 82.1. The number of benzene rings is 2. The van der Waals surface area contributed by atoms with Crippen molar-refractivity contribution in [3.8, 4) is 0 Å². The number of alkyl halides is 6. The fourth-order valence-electron chi connectivity index (χ4n) is 2.73. The number of amides is 1. The number of nitrogens with one attached hydrogen (secondary N) is 1. The molecule has 0 aromatic heterocycles. The number of ether oxygens (including phenoxy) is 1. The number of rotatable bonds is 6. The number of para-hydroxylation sites is 1. The Hall–Kier alpha value is -3.04. The maximum atomic E-state index is 12.9. The Labute approximate surface area is 174 Å². The van der Waals surface area contributed by atoms with Crippen molar-refractivity contribution in [2.75, 3.05) is 11.9 Å². The summed E-state index contributed by atoms with van der Waals surface area (Å²) >= 11 is 0. The molecule has 168 valence electrons. The number of hydrogen-bond donors (Lipinski definition) is 1. The van der Waals surface area contributed by atoms with Gasteiger partial charge in [-0.1, -0.05) is 32.0 Å². The van der Waals surface area contributed by atoms with Crippen LogP contribution >= 0.6 is 0 Å². The van der Waals surface area contributed by atoms with Crippen LogP contribution in [0.1, 0.15) is 53.2 Å². The summed E-state index contributed by atoms with van der Waals surface area (Å²) in [6.45, 7) is 3.01. The number of carbonyl (C=O) groups is 2. The molecule has 10 heteroatoms. The van der Waals surface area contributed by atoms with E-state index in [1.165, 1.54) is 0 Å². The highest BCUT2D eigenvalue weighted by Crippen LogP contribution is 2.36. The minimum absolute atomic E-state index is 0.102. The van der Waals surface area contributed by atoms with Gasteiger partial charge in [0.1, 0.15) is 0 Å². The summed E-state index contributed by atoms with van der Waals surface area (Å²) in [6, 6.07) is 7.27. The molecule has 0 saturated heterocycles. The van der Waals surface area contributed by atoms with Crippen LogP contribution in [-0.4, -0.2) is 18.5 Å². The second-order valence-electron chi connectivity index (χ2n) is 6.82. The SMILES string of the molecule is CCC(C)c1ccccc1NC(=O)COC(=O)c1cc(C(F)(F)F)cc(C(F)(F)F)c1. The smallest absolute Gasteiger partial charge is 0.416 e. The quantitative estimate of drug-likeness (QED) is 0.434. The molecule has 0 saturated carbocycles. The molecule has 2 aromatic rings. The van der Waals surface area contributed by atoms with Gasteiger partial charge in [0.05, 0.1) is 16.7 Å². The first-order chi connectivity index (χ1) is 14.3. The van der Waals surface area contributed by atoms with E-state index in [-0.39, 0.29) is 24.1 Å². The number of esters is 1. The van der Waals surface area contributed by atoms with E-state index in [0.717, 1.165) is 12.0 Å². The van der Waals surface area contributed by atoms with Gasteiger partial charge in [0, 0.05) is 5.69 Å². The molecule has 0 bridgehead atoms. The highest BCUT2D eigenvalue weighted by Gasteiger charge is 2.37. The maximum absolute atomic E-state index is 12.9. The summed E-state index contributed by atoms with van der Waals surface area (Å²) in [5.41, 5.74) is -2.97. The van der Waals surface area contributed by atoms with Gasteiger partial charge >= 0.3 is 18.3 Å². The number of carbonyl (C=O) groups excluding carboxylic acids is 2. The zero-order valence-corrected chi connectivity index (χ0v) is 16.5. The summed E-state index contributed by atoms with van der Waals surface area (Å²) in [4.78, 5) is 24.2. The van der Waals surface area contributed by atoms with Crippen LogP contribution in [0.2, 0.25) is 0 Å². The van der Waals surface area contributed by atoms with E-state index in [4.69, 9.17) is 0 Å². The second kappa shape index (κ2) is 9.40. The molecule has 1 atom stereocenters. The Balaban J connectivity index is 2.15. The van der Waals surface area contributed by atoms with Gasteiger partial charge in [-0.25, -0.2) is 4.79 Å². The molecule has 0 aliphatic carbocycles. The first-order valence-electron chi connectivity index (χ1n) is 9.18.